The van der Waals surface area contributed by atoms with Gasteiger partial charge >= 0.3 is 0 Å². The number of para-hydroxylation sites is 1. The van der Waals surface area contributed by atoms with Crippen LogP contribution in [0.2, 0.25) is 0 Å². The van der Waals surface area contributed by atoms with Crippen molar-refractivity contribution in [3.05, 3.63) is 76.6 Å². The number of hydrogen-bond donors (Lipinski definition) is 0. The molecule has 0 aliphatic carbocycles. The maximum absolute atomic E-state index is 14.4. The molecule has 1 aliphatic heterocycles. The van der Waals surface area contributed by atoms with Crippen LogP contribution in [-0.2, 0) is 4.79 Å². The molecule has 1 amide bonds. The van der Waals surface area contributed by atoms with Crippen LogP contribution in [0.3, 0.4) is 0 Å². The van der Waals surface area contributed by atoms with E-state index in [1.54, 1.807) is 22.6 Å². The number of carbonyl (C=O) groups is 1. The topological polar surface area (TPSA) is 38.1 Å². The summed E-state index contributed by atoms with van der Waals surface area (Å²) in [5.74, 6) is 0.0823. The van der Waals surface area contributed by atoms with Gasteiger partial charge in [0.2, 0.25) is 0 Å². The zero-order valence-electron chi connectivity index (χ0n) is 20.3. The predicted molar refractivity (Wildman–Crippen MR) is 147 cm³/mol. The number of carbonyl (C=O) groups excluding carboxylic acids is 1. The van der Waals surface area contributed by atoms with E-state index in [0.29, 0.717) is 38.5 Å². The Morgan fingerprint density at radius 1 is 1.17 bits per heavy atom. The monoisotopic (exact) mass is 507 g/mol. The average molecular weight is 508 g/mol. The van der Waals surface area contributed by atoms with E-state index in [4.69, 9.17) is 17.3 Å². The molecule has 3 aromatic rings. The van der Waals surface area contributed by atoms with Gasteiger partial charge in [0.05, 0.1) is 10.6 Å². The van der Waals surface area contributed by atoms with Crippen LogP contribution in [0.25, 0.3) is 23.0 Å². The number of unbranched alkanes of at least 4 members (excludes halogenated alkanes) is 1. The molecule has 2 aromatic carbocycles. The van der Waals surface area contributed by atoms with Gasteiger partial charge in [0.15, 0.2) is 0 Å². The Kier molecular flexibility index (Phi) is 8.19. The van der Waals surface area contributed by atoms with Gasteiger partial charge in [-0.05, 0) is 49.1 Å². The second-order valence-corrected chi connectivity index (χ2v) is 10.6. The molecule has 0 N–H and O–H groups in total. The zero-order valence-corrected chi connectivity index (χ0v) is 22.0. The summed E-state index contributed by atoms with van der Waals surface area (Å²) in [6, 6.07) is 14.8. The maximum atomic E-state index is 14.4. The van der Waals surface area contributed by atoms with Gasteiger partial charge in [-0.25, -0.2) is 9.07 Å². The molecule has 182 valence electrons. The molecule has 1 fully saturated rings. The van der Waals surface area contributed by atoms with Crippen molar-refractivity contribution in [2.45, 2.75) is 46.5 Å². The molecule has 7 heteroatoms. The fourth-order valence-corrected chi connectivity index (χ4v) is 5.41. The summed E-state index contributed by atoms with van der Waals surface area (Å²) in [6.45, 7) is 6.73. The summed E-state index contributed by atoms with van der Waals surface area (Å²) < 4.78 is 16.8. The van der Waals surface area contributed by atoms with Crippen LogP contribution in [0, 0.1) is 18.7 Å². The van der Waals surface area contributed by atoms with Crippen LogP contribution in [-0.4, -0.2) is 31.5 Å². The number of amides is 1. The second kappa shape index (κ2) is 11.3. The number of thioether (sulfide) groups is 1. The molecule has 2 heterocycles. The SMILES string of the molecule is CCCCC(CC)CN1C(=O)/C(=C\c2cn(-c3ccccc3)nc2-c2ccc(C)c(F)c2)SC1=S. The molecule has 0 radical (unpaired) electrons. The van der Waals surface area contributed by atoms with E-state index in [1.165, 1.54) is 17.8 Å². The first-order chi connectivity index (χ1) is 16.9. The van der Waals surface area contributed by atoms with E-state index in [2.05, 4.69) is 13.8 Å². The van der Waals surface area contributed by atoms with Crippen LogP contribution in [0.1, 0.15) is 50.7 Å². The Morgan fingerprint density at radius 3 is 2.63 bits per heavy atom. The van der Waals surface area contributed by atoms with Gasteiger partial charge in [0.1, 0.15) is 15.8 Å². The lowest BCUT2D eigenvalue weighted by Crippen LogP contribution is -2.33. The third-order valence-electron chi connectivity index (χ3n) is 6.35. The molecular weight excluding hydrogens is 477 g/mol. The number of aromatic nitrogens is 2. The van der Waals surface area contributed by atoms with E-state index < -0.39 is 0 Å². The van der Waals surface area contributed by atoms with Gasteiger partial charge in [-0.3, -0.25) is 9.69 Å². The minimum atomic E-state index is -0.285. The summed E-state index contributed by atoms with van der Waals surface area (Å²) >= 11 is 6.91. The van der Waals surface area contributed by atoms with Crippen LogP contribution >= 0.6 is 24.0 Å². The first-order valence-corrected chi connectivity index (χ1v) is 13.3. The van der Waals surface area contributed by atoms with Crippen molar-refractivity contribution in [1.82, 2.24) is 14.7 Å². The fourth-order valence-electron chi connectivity index (χ4n) is 4.14. The molecule has 1 atom stereocenters. The molecular formula is C28H30FN3OS2. The van der Waals surface area contributed by atoms with Crippen LogP contribution < -0.4 is 0 Å². The third-order valence-corrected chi connectivity index (χ3v) is 7.73. The molecule has 4 rings (SSSR count). The standard InChI is InChI=1S/C28H30FN3OS2/c1-4-6-10-20(5-2)17-31-27(33)25(35-28(31)34)16-22-18-32(23-11-8-7-9-12-23)30-26(22)21-14-13-19(3)24(29)15-21/h7-9,11-16,18,20H,4-6,10,17H2,1-3H3/b25-16+. The average Bonchev–Trinajstić information content (AvgIpc) is 3.40. The first kappa shape index (κ1) is 25.3. The largest absolute Gasteiger partial charge is 0.293 e. The molecule has 1 aliphatic rings. The lowest BCUT2D eigenvalue weighted by atomic mass is 9.99. The normalized spacial score (nSPS) is 15.9. The van der Waals surface area contributed by atoms with Crippen LogP contribution in [0.15, 0.2) is 59.6 Å². The Labute approximate surface area is 216 Å². The number of benzene rings is 2. The van der Waals surface area contributed by atoms with E-state index in [9.17, 15) is 9.18 Å². The molecule has 4 nitrogen and oxygen atoms in total. The highest BCUT2D eigenvalue weighted by atomic mass is 32.2. The van der Waals surface area contributed by atoms with E-state index in [-0.39, 0.29) is 11.7 Å². The smallest absolute Gasteiger partial charge is 0.266 e. The van der Waals surface area contributed by atoms with Crippen LogP contribution in [0.5, 0.6) is 0 Å². The van der Waals surface area contributed by atoms with Gasteiger partial charge in [-0.2, -0.15) is 5.10 Å². The highest BCUT2D eigenvalue weighted by Gasteiger charge is 2.33. The number of rotatable bonds is 9. The van der Waals surface area contributed by atoms with Gasteiger partial charge in [-0.1, -0.05) is 87.4 Å². The van der Waals surface area contributed by atoms with Crippen molar-refractivity contribution < 1.29 is 9.18 Å². The van der Waals surface area contributed by atoms with Gasteiger partial charge in [0.25, 0.3) is 5.91 Å². The summed E-state index contributed by atoms with van der Waals surface area (Å²) in [5.41, 5.74) is 3.49. The molecule has 1 unspecified atom stereocenters. The molecule has 35 heavy (non-hydrogen) atoms. The minimum Gasteiger partial charge on any atom is -0.293 e. The number of hydrogen-bond acceptors (Lipinski definition) is 4. The van der Waals surface area contributed by atoms with Gasteiger partial charge < -0.3 is 0 Å². The first-order valence-electron chi connectivity index (χ1n) is 12.1. The number of halogens is 1. The van der Waals surface area contributed by atoms with Crippen LogP contribution in [0.4, 0.5) is 4.39 Å². The third kappa shape index (κ3) is 5.73. The molecule has 1 saturated heterocycles. The Bertz CT molecular complexity index is 1250. The number of thiocarbonyl (C=S) groups is 1. The van der Waals surface area contributed by atoms with Crippen molar-refractivity contribution in [2.24, 2.45) is 5.92 Å². The maximum Gasteiger partial charge on any atom is 0.266 e. The van der Waals surface area contributed by atoms with Gasteiger partial charge in [0, 0.05) is 23.9 Å². The Hall–Kier alpha value is -2.77. The molecule has 1 aromatic heterocycles. The number of aryl methyl sites for hydroxylation is 1. The molecule has 0 spiro atoms. The van der Waals surface area contributed by atoms with Crippen molar-refractivity contribution in [3.8, 4) is 16.9 Å². The summed E-state index contributed by atoms with van der Waals surface area (Å²) in [7, 11) is 0. The summed E-state index contributed by atoms with van der Waals surface area (Å²) in [6.07, 6.45) is 8.12. The van der Waals surface area contributed by atoms with E-state index in [0.717, 1.165) is 36.9 Å². The Morgan fingerprint density at radius 2 is 1.94 bits per heavy atom. The molecule has 0 bridgehead atoms. The van der Waals surface area contributed by atoms with E-state index >= 15 is 0 Å². The lowest BCUT2D eigenvalue weighted by Gasteiger charge is -2.21. The molecule has 0 saturated carbocycles. The predicted octanol–water partition coefficient (Wildman–Crippen LogP) is 7.40. The van der Waals surface area contributed by atoms with Crippen molar-refractivity contribution in [2.75, 3.05) is 6.54 Å². The second-order valence-electron chi connectivity index (χ2n) is 8.89. The fraction of sp³-hybridized carbons (Fsp3) is 0.321. The van der Waals surface area contributed by atoms with Crippen molar-refractivity contribution >= 4 is 40.3 Å². The Balaban J connectivity index is 1.70. The minimum absolute atomic E-state index is 0.0663. The zero-order chi connectivity index (χ0) is 24.9. The van der Waals surface area contributed by atoms with E-state index in [1.807, 2.05) is 48.7 Å². The highest BCUT2D eigenvalue weighted by molar-refractivity contribution is 8.26. The number of nitrogens with zero attached hydrogens (tertiary/aromatic N) is 3. The quantitative estimate of drug-likeness (QED) is 0.223. The highest BCUT2D eigenvalue weighted by Crippen LogP contribution is 2.36. The lowest BCUT2D eigenvalue weighted by molar-refractivity contribution is -0.122. The summed E-state index contributed by atoms with van der Waals surface area (Å²) in [5, 5.41) is 4.76. The van der Waals surface area contributed by atoms with Crippen molar-refractivity contribution in [3.63, 3.8) is 0 Å². The van der Waals surface area contributed by atoms with Crippen molar-refractivity contribution in [1.29, 1.82) is 0 Å². The summed E-state index contributed by atoms with van der Waals surface area (Å²) in [4.78, 5) is 15.6. The van der Waals surface area contributed by atoms with Gasteiger partial charge in [-0.15, -0.1) is 0 Å².